The number of thiazole rings is 1. The van der Waals surface area contributed by atoms with Crippen LogP contribution in [0.3, 0.4) is 0 Å². The number of rotatable bonds is 6. The summed E-state index contributed by atoms with van der Waals surface area (Å²) < 4.78 is 36.2. The number of hydrogen-bond acceptors (Lipinski definition) is 5. The summed E-state index contributed by atoms with van der Waals surface area (Å²) in [6.45, 7) is 3.84. The van der Waals surface area contributed by atoms with Crippen molar-refractivity contribution < 1.29 is 13.2 Å². The van der Waals surface area contributed by atoms with Gasteiger partial charge in [-0.2, -0.15) is 0 Å². The number of nitrogens with zero attached hydrogens (tertiary/aromatic N) is 1. The Balaban J connectivity index is 1.56. The molecule has 4 aromatic rings. The molecule has 0 spiro atoms. The van der Waals surface area contributed by atoms with E-state index in [1.165, 1.54) is 12.1 Å². The molecule has 3 aromatic carbocycles. The molecule has 0 bridgehead atoms. The normalized spacial score (nSPS) is 11.7. The van der Waals surface area contributed by atoms with Gasteiger partial charge >= 0.3 is 4.87 Å². The minimum atomic E-state index is -3.80. The second kappa shape index (κ2) is 7.97. The Labute approximate surface area is 178 Å². The van der Waals surface area contributed by atoms with Gasteiger partial charge in [0.15, 0.2) is 0 Å². The molecule has 30 heavy (non-hydrogen) atoms. The van der Waals surface area contributed by atoms with Gasteiger partial charge in [-0.15, -0.1) is 0 Å². The van der Waals surface area contributed by atoms with Crippen molar-refractivity contribution in [3.8, 4) is 11.5 Å². The molecule has 1 N–H and O–H groups in total. The van der Waals surface area contributed by atoms with Gasteiger partial charge < -0.3 is 4.74 Å². The molecule has 0 fully saturated rings. The molecule has 0 amide bonds. The predicted molar refractivity (Wildman–Crippen MR) is 120 cm³/mol. The highest BCUT2D eigenvalue weighted by molar-refractivity contribution is 7.92. The molecule has 0 radical (unpaired) electrons. The van der Waals surface area contributed by atoms with Crippen molar-refractivity contribution in [2.24, 2.45) is 0 Å². The average Bonchev–Trinajstić information content (AvgIpc) is 3.05. The fourth-order valence-electron chi connectivity index (χ4n) is 3.10. The lowest BCUT2D eigenvalue weighted by atomic mass is 10.3. The van der Waals surface area contributed by atoms with Crippen molar-refractivity contribution in [3.63, 3.8) is 0 Å². The van der Waals surface area contributed by atoms with Crippen molar-refractivity contribution in [2.45, 2.75) is 24.8 Å². The van der Waals surface area contributed by atoms with E-state index in [9.17, 15) is 13.2 Å². The van der Waals surface area contributed by atoms with Crippen molar-refractivity contribution in [2.75, 3.05) is 4.72 Å². The third kappa shape index (κ3) is 4.10. The fourth-order valence-corrected chi connectivity index (χ4v) is 5.31. The van der Waals surface area contributed by atoms with Gasteiger partial charge in [0.2, 0.25) is 0 Å². The Morgan fingerprint density at radius 3 is 2.27 bits per heavy atom. The first-order valence-electron chi connectivity index (χ1n) is 9.34. The Bertz CT molecular complexity index is 1340. The van der Waals surface area contributed by atoms with Gasteiger partial charge in [-0.05, 0) is 68.4 Å². The summed E-state index contributed by atoms with van der Waals surface area (Å²) in [7, 11) is -3.80. The lowest BCUT2D eigenvalue weighted by Gasteiger charge is -2.11. The minimum Gasteiger partial charge on any atom is -0.457 e. The molecule has 0 unspecified atom stereocenters. The van der Waals surface area contributed by atoms with Crippen LogP contribution in [0.15, 0.2) is 82.5 Å². The molecule has 8 heteroatoms. The number of benzene rings is 3. The predicted octanol–water partition coefficient (Wildman–Crippen LogP) is 5.24. The van der Waals surface area contributed by atoms with Crippen LogP contribution in [0, 0.1) is 0 Å². The summed E-state index contributed by atoms with van der Waals surface area (Å²) in [6, 6.07) is 20.7. The van der Waals surface area contributed by atoms with E-state index >= 15 is 0 Å². The van der Waals surface area contributed by atoms with Crippen LogP contribution in [0.5, 0.6) is 11.5 Å². The van der Waals surface area contributed by atoms with Crippen LogP contribution in [0.4, 0.5) is 5.69 Å². The third-order valence-corrected chi connectivity index (χ3v) is 6.79. The van der Waals surface area contributed by atoms with Gasteiger partial charge in [0.1, 0.15) is 11.5 Å². The van der Waals surface area contributed by atoms with Crippen LogP contribution in [-0.2, 0) is 10.0 Å². The Morgan fingerprint density at radius 1 is 0.933 bits per heavy atom. The van der Waals surface area contributed by atoms with Crippen molar-refractivity contribution in [1.29, 1.82) is 0 Å². The fraction of sp³-hybridized carbons (Fsp3) is 0.136. The quantitative estimate of drug-likeness (QED) is 0.445. The minimum absolute atomic E-state index is 0.00320. The summed E-state index contributed by atoms with van der Waals surface area (Å²) in [5.41, 5.74) is 1.16. The van der Waals surface area contributed by atoms with Crippen LogP contribution in [0.25, 0.3) is 10.2 Å². The second-order valence-electron chi connectivity index (χ2n) is 7.01. The zero-order chi connectivity index (χ0) is 21.3. The molecule has 0 aliphatic carbocycles. The monoisotopic (exact) mass is 440 g/mol. The summed E-state index contributed by atoms with van der Waals surface area (Å²) in [6.07, 6.45) is 0. The maximum Gasteiger partial charge on any atom is 0.308 e. The molecular formula is C22H20N2O4S2. The van der Waals surface area contributed by atoms with Crippen LogP contribution < -0.4 is 14.3 Å². The van der Waals surface area contributed by atoms with Crippen molar-refractivity contribution in [3.05, 3.63) is 82.5 Å². The van der Waals surface area contributed by atoms with Crippen LogP contribution in [0.1, 0.15) is 19.9 Å². The van der Waals surface area contributed by atoms with E-state index in [0.29, 0.717) is 21.9 Å². The maximum atomic E-state index is 12.8. The van der Waals surface area contributed by atoms with Gasteiger partial charge in [0.05, 0.1) is 15.1 Å². The topological polar surface area (TPSA) is 77.4 Å². The van der Waals surface area contributed by atoms with Crippen molar-refractivity contribution >= 4 is 37.3 Å². The molecule has 154 valence electrons. The van der Waals surface area contributed by atoms with E-state index in [-0.39, 0.29) is 15.8 Å². The number of fused-ring (bicyclic) bond motifs is 1. The van der Waals surface area contributed by atoms with Crippen molar-refractivity contribution in [1.82, 2.24) is 4.57 Å². The first-order chi connectivity index (χ1) is 14.3. The Hall–Kier alpha value is -3.10. The number of hydrogen-bond donors (Lipinski definition) is 1. The molecule has 0 aliphatic rings. The first-order valence-corrected chi connectivity index (χ1v) is 11.6. The van der Waals surface area contributed by atoms with Gasteiger partial charge in [-0.1, -0.05) is 29.5 Å². The maximum absolute atomic E-state index is 12.8. The van der Waals surface area contributed by atoms with E-state index in [4.69, 9.17) is 4.74 Å². The molecule has 0 aliphatic heterocycles. The van der Waals surface area contributed by atoms with Gasteiger partial charge in [0.25, 0.3) is 10.0 Å². The molecular weight excluding hydrogens is 420 g/mol. The largest absolute Gasteiger partial charge is 0.457 e. The molecule has 0 saturated heterocycles. The zero-order valence-corrected chi connectivity index (χ0v) is 18.0. The van der Waals surface area contributed by atoms with Crippen LogP contribution >= 0.6 is 11.3 Å². The van der Waals surface area contributed by atoms with Gasteiger partial charge in [-0.3, -0.25) is 14.1 Å². The van der Waals surface area contributed by atoms with E-state index in [1.807, 2.05) is 44.2 Å². The van der Waals surface area contributed by atoms with E-state index < -0.39 is 10.0 Å². The SMILES string of the molecule is CC(C)n1c(=O)sc2cc(S(=O)(=O)Nc3ccc(Oc4ccccc4)cc3)ccc21. The highest BCUT2D eigenvalue weighted by atomic mass is 32.2. The number of aromatic nitrogens is 1. The number of ether oxygens (including phenoxy) is 1. The van der Waals surface area contributed by atoms with Crippen LogP contribution in [0.2, 0.25) is 0 Å². The summed E-state index contributed by atoms with van der Waals surface area (Å²) in [5, 5.41) is 0. The number of nitrogens with one attached hydrogen (secondary N) is 1. The first kappa shape index (κ1) is 20.2. The van der Waals surface area contributed by atoms with Gasteiger partial charge in [0, 0.05) is 11.7 Å². The Morgan fingerprint density at radius 2 is 1.60 bits per heavy atom. The lowest BCUT2D eigenvalue weighted by molar-refractivity contribution is 0.483. The smallest absolute Gasteiger partial charge is 0.308 e. The van der Waals surface area contributed by atoms with E-state index in [2.05, 4.69) is 4.72 Å². The highest BCUT2D eigenvalue weighted by Crippen LogP contribution is 2.27. The standard InChI is InChI=1S/C22H20N2O4S2/c1-15(2)24-20-13-12-19(14-21(20)29-22(24)25)30(26,27)23-16-8-10-18(11-9-16)28-17-6-4-3-5-7-17/h3-15,23H,1-2H3. The van der Waals surface area contributed by atoms with E-state index in [0.717, 1.165) is 16.9 Å². The number of sulfonamides is 1. The third-order valence-electron chi connectivity index (χ3n) is 4.50. The molecule has 4 rings (SSSR count). The number of para-hydroxylation sites is 1. The molecule has 6 nitrogen and oxygen atoms in total. The lowest BCUT2D eigenvalue weighted by Crippen LogP contribution is -2.15. The van der Waals surface area contributed by atoms with Crippen LogP contribution in [-0.4, -0.2) is 13.0 Å². The Kier molecular flexibility index (Phi) is 5.36. The average molecular weight is 441 g/mol. The molecule has 0 atom stereocenters. The van der Waals surface area contributed by atoms with Gasteiger partial charge in [-0.25, -0.2) is 8.42 Å². The summed E-state index contributed by atoms with van der Waals surface area (Å²) >= 11 is 1.05. The zero-order valence-electron chi connectivity index (χ0n) is 16.4. The summed E-state index contributed by atoms with van der Waals surface area (Å²) in [5.74, 6) is 1.30. The number of anilines is 1. The molecule has 1 heterocycles. The molecule has 1 aromatic heterocycles. The molecule has 0 saturated carbocycles. The second-order valence-corrected chi connectivity index (χ2v) is 9.68. The summed E-state index contributed by atoms with van der Waals surface area (Å²) in [4.78, 5) is 12.2. The highest BCUT2D eigenvalue weighted by Gasteiger charge is 2.18. The van der Waals surface area contributed by atoms with E-state index in [1.54, 1.807) is 34.9 Å².